The van der Waals surface area contributed by atoms with Crippen molar-refractivity contribution in [1.82, 2.24) is 30.1 Å². The molecule has 6 aromatic rings. The first kappa shape index (κ1) is 22.1. The van der Waals surface area contributed by atoms with Gasteiger partial charge in [0.15, 0.2) is 11.5 Å². The van der Waals surface area contributed by atoms with Crippen LogP contribution in [0.2, 0.25) is 0 Å². The van der Waals surface area contributed by atoms with Gasteiger partial charge in [0.25, 0.3) is 0 Å². The number of aromatic amines is 2. The van der Waals surface area contributed by atoms with Crippen molar-refractivity contribution < 1.29 is 9.18 Å². The van der Waals surface area contributed by atoms with Gasteiger partial charge < -0.3 is 10.3 Å². The van der Waals surface area contributed by atoms with Crippen LogP contribution in [0, 0.1) is 12.7 Å². The van der Waals surface area contributed by atoms with E-state index in [1.165, 1.54) is 17.1 Å². The van der Waals surface area contributed by atoms with E-state index in [-0.39, 0.29) is 5.91 Å². The number of carbonyl (C=O) groups excluding carboxylic acids is 1. The fourth-order valence-corrected chi connectivity index (χ4v) is 5.05. The Hall–Kier alpha value is -4.44. The molecule has 0 unspecified atom stereocenters. The fourth-order valence-electron chi connectivity index (χ4n) is 4.15. The number of nitrogens with zero attached hydrogens (tertiary/aromatic N) is 4. The molecule has 0 radical (unpaired) electrons. The summed E-state index contributed by atoms with van der Waals surface area (Å²) in [6.07, 6.45) is 5.17. The molecule has 0 saturated heterocycles. The number of amides is 1. The monoisotopic (exact) mass is 497 g/mol. The third kappa shape index (κ3) is 3.81. The Morgan fingerprint density at radius 1 is 1.14 bits per heavy atom. The van der Waals surface area contributed by atoms with Gasteiger partial charge in [0.05, 0.1) is 22.9 Å². The third-order valence-corrected chi connectivity index (χ3v) is 6.96. The standard InChI is InChI=1S/C26H20FN7OS/c1-3-22(35)30-15-8-14(11-28-12-15)17-9-18-20(10-19(17)27)33-34-24(18)26-31-23-16(6-7-29-25(23)32-26)21-5-4-13(2)36-21/h4-12H,3H2,1-2H3,(H,30,35)(H,33,34)(H,29,31,32). The average Bonchev–Trinajstić information content (AvgIpc) is 3.60. The summed E-state index contributed by atoms with van der Waals surface area (Å²) in [5, 5.41) is 10.8. The van der Waals surface area contributed by atoms with Gasteiger partial charge in [0.2, 0.25) is 5.91 Å². The molecular formula is C26H20FN7OS. The Morgan fingerprint density at radius 2 is 2.03 bits per heavy atom. The van der Waals surface area contributed by atoms with E-state index < -0.39 is 5.82 Å². The molecule has 10 heteroatoms. The van der Waals surface area contributed by atoms with E-state index in [1.54, 1.807) is 42.8 Å². The normalized spacial score (nSPS) is 11.4. The fraction of sp³-hybridized carbons (Fsp3) is 0.115. The summed E-state index contributed by atoms with van der Waals surface area (Å²) >= 11 is 1.70. The molecule has 0 atom stereocenters. The lowest BCUT2D eigenvalue weighted by molar-refractivity contribution is -0.115. The minimum Gasteiger partial charge on any atom is -0.335 e. The number of H-pyrrole nitrogens is 2. The van der Waals surface area contributed by atoms with Gasteiger partial charge in [-0.2, -0.15) is 5.10 Å². The van der Waals surface area contributed by atoms with Gasteiger partial charge in [-0.05, 0) is 37.3 Å². The zero-order valence-corrected chi connectivity index (χ0v) is 20.2. The summed E-state index contributed by atoms with van der Waals surface area (Å²) < 4.78 is 15.1. The quantitative estimate of drug-likeness (QED) is 0.267. The van der Waals surface area contributed by atoms with Gasteiger partial charge in [-0.3, -0.25) is 14.9 Å². The first-order chi connectivity index (χ1) is 17.5. The number of rotatable bonds is 5. The summed E-state index contributed by atoms with van der Waals surface area (Å²) in [4.78, 5) is 30.8. The number of hydrogen-bond acceptors (Lipinski definition) is 6. The highest BCUT2D eigenvalue weighted by molar-refractivity contribution is 7.15. The molecular weight excluding hydrogens is 477 g/mol. The van der Waals surface area contributed by atoms with Crippen molar-refractivity contribution in [3.63, 3.8) is 0 Å². The number of nitrogens with one attached hydrogen (secondary N) is 3. The van der Waals surface area contributed by atoms with Crippen molar-refractivity contribution in [3.8, 4) is 33.1 Å². The van der Waals surface area contributed by atoms with E-state index in [2.05, 4.69) is 54.5 Å². The first-order valence-electron chi connectivity index (χ1n) is 11.3. The van der Waals surface area contributed by atoms with Crippen LogP contribution < -0.4 is 5.32 Å². The summed E-state index contributed by atoms with van der Waals surface area (Å²) in [5.41, 5.74) is 4.89. The molecule has 0 bridgehead atoms. The summed E-state index contributed by atoms with van der Waals surface area (Å²) in [7, 11) is 0. The van der Waals surface area contributed by atoms with Crippen LogP contribution in [0.3, 0.4) is 0 Å². The van der Waals surface area contributed by atoms with E-state index in [1.807, 2.05) is 6.07 Å². The van der Waals surface area contributed by atoms with Crippen LogP contribution in [0.15, 0.2) is 55.0 Å². The Bertz CT molecular complexity index is 1770. The number of imidazole rings is 1. The molecule has 0 aliphatic rings. The predicted octanol–water partition coefficient (Wildman–Crippen LogP) is 6.09. The molecule has 5 heterocycles. The van der Waals surface area contributed by atoms with Crippen molar-refractivity contribution in [3.05, 3.63) is 65.7 Å². The molecule has 0 spiro atoms. The zero-order valence-electron chi connectivity index (χ0n) is 19.4. The topological polar surface area (TPSA) is 112 Å². The number of aryl methyl sites for hydroxylation is 1. The minimum atomic E-state index is -0.430. The number of carbonyl (C=O) groups is 1. The van der Waals surface area contributed by atoms with Crippen LogP contribution in [0.1, 0.15) is 18.2 Å². The van der Waals surface area contributed by atoms with Crippen LogP contribution in [-0.4, -0.2) is 36.0 Å². The van der Waals surface area contributed by atoms with Gasteiger partial charge in [0, 0.05) is 56.7 Å². The van der Waals surface area contributed by atoms with Crippen LogP contribution in [0.4, 0.5) is 10.1 Å². The Labute approximate surface area is 208 Å². The van der Waals surface area contributed by atoms with E-state index in [9.17, 15) is 4.79 Å². The third-order valence-electron chi connectivity index (χ3n) is 5.93. The smallest absolute Gasteiger partial charge is 0.224 e. The highest BCUT2D eigenvalue weighted by Gasteiger charge is 2.19. The summed E-state index contributed by atoms with van der Waals surface area (Å²) in [5.74, 6) is -0.0400. The number of pyridine rings is 2. The average molecular weight is 498 g/mol. The molecule has 5 aromatic heterocycles. The molecule has 6 rings (SSSR count). The van der Waals surface area contributed by atoms with E-state index in [0.717, 1.165) is 16.0 Å². The molecule has 1 amide bonds. The second-order valence-electron chi connectivity index (χ2n) is 8.37. The lowest BCUT2D eigenvalue weighted by Crippen LogP contribution is -2.09. The van der Waals surface area contributed by atoms with Gasteiger partial charge in [0.1, 0.15) is 11.5 Å². The van der Waals surface area contributed by atoms with Crippen LogP contribution in [-0.2, 0) is 4.79 Å². The Balaban J connectivity index is 1.46. The van der Waals surface area contributed by atoms with E-state index in [0.29, 0.717) is 51.3 Å². The van der Waals surface area contributed by atoms with Gasteiger partial charge in [-0.1, -0.05) is 6.92 Å². The highest BCUT2D eigenvalue weighted by Crippen LogP contribution is 2.35. The maximum Gasteiger partial charge on any atom is 0.224 e. The highest BCUT2D eigenvalue weighted by atomic mass is 32.1. The number of anilines is 1. The molecule has 0 aliphatic carbocycles. The molecule has 0 aliphatic heterocycles. The van der Waals surface area contributed by atoms with Crippen LogP contribution in [0.25, 0.3) is 55.2 Å². The Morgan fingerprint density at radius 3 is 2.83 bits per heavy atom. The summed E-state index contributed by atoms with van der Waals surface area (Å²) in [6, 6.07) is 10.9. The van der Waals surface area contributed by atoms with E-state index >= 15 is 4.39 Å². The van der Waals surface area contributed by atoms with Crippen molar-refractivity contribution in [2.75, 3.05) is 5.32 Å². The van der Waals surface area contributed by atoms with Gasteiger partial charge >= 0.3 is 0 Å². The molecule has 36 heavy (non-hydrogen) atoms. The second kappa shape index (κ2) is 8.65. The predicted molar refractivity (Wildman–Crippen MR) is 139 cm³/mol. The molecule has 3 N–H and O–H groups in total. The summed E-state index contributed by atoms with van der Waals surface area (Å²) in [6.45, 7) is 3.83. The molecule has 178 valence electrons. The maximum atomic E-state index is 15.1. The Kier molecular flexibility index (Phi) is 5.30. The first-order valence-corrected chi connectivity index (χ1v) is 12.2. The SMILES string of the molecule is CCC(=O)Nc1cncc(-c2cc3c(-c4nc5nccc(-c6ccc(C)s6)c5[nH]4)n[nH]c3cc2F)c1. The van der Waals surface area contributed by atoms with Gasteiger partial charge in [-0.25, -0.2) is 14.4 Å². The lowest BCUT2D eigenvalue weighted by Gasteiger charge is -2.08. The van der Waals surface area contributed by atoms with Crippen molar-refractivity contribution >= 4 is 45.0 Å². The number of thiophene rings is 1. The van der Waals surface area contributed by atoms with Crippen LogP contribution >= 0.6 is 11.3 Å². The van der Waals surface area contributed by atoms with E-state index in [4.69, 9.17) is 0 Å². The second-order valence-corrected chi connectivity index (χ2v) is 9.65. The van der Waals surface area contributed by atoms with Gasteiger partial charge in [-0.15, -0.1) is 11.3 Å². The lowest BCUT2D eigenvalue weighted by atomic mass is 10.0. The number of halogens is 1. The van der Waals surface area contributed by atoms with Crippen molar-refractivity contribution in [2.24, 2.45) is 0 Å². The van der Waals surface area contributed by atoms with Crippen LogP contribution in [0.5, 0.6) is 0 Å². The molecule has 0 fully saturated rings. The zero-order chi connectivity index (χ0) is 24.8. The number of hydrogen-bond donors (Lipinski definition) is 3. The number of benzene rings is 1. The molecule has 1 aromatic carbocycles. The maximum absolute atomic E-state index is 15.1. The number of fused-ring (bicyclic) bond motifs is 2. The van der Waals surface area contributed by atoms with Crippen molar-refractivity contribution in [1.29, 1.82) is 0 Å². The number of aromatic nitrogens is 6. The molecule has 8 nitrogen and oxygen atoms in total. The minimum absolute atomic E-state index is 0.141. The largest absolute Gasteiger partial charge is 0.335 e. The van der Waals surface area contributed by atoms with Crippen molar-refractivity contribution in [2.45, 2.75) is 20.3 Å². The molecule has 0 saturated carbocycles.